The van der Waals surface area contributed by atoms with Crippen molar-refractivity contribution in [2.45, 2.75) is 63.4 Å². The Balaban J connectivity index is 1.82. The summed E-state index contributed by atoms with van der Waals surface area (Å²) < 4.78 is 3.74. The number of aromatic amines is 1. The van der Waals surface area contributed by atoms with Gasteiger partial charge in [-0.25, -0.2) is 4.98 Å². The van der Waals surface area contributed by atoms with Gasteiger partial charge in [0.2, 0.25) is 0 Å². The summed E-state index contributed by atoms with van der Waals surface area (Å²) in [6, 6.07) is 0. The molecule has 0 bridgehead atoms. The molecule has 0 aromatic carbocycles. The highest BCUT2D eigenvalue weighted by Crippen LogP contribution is 2.19. The number of hydrogen-bond acceptors (Lipinski definition) is 4. The van der Waals surface area contributed by atoms with Crippen molar-refractivity contribution in [3.63, 3.8) is 0 Å². The van der Waals surface area contributed by atoms with Crippen LogP contribution >= 0.6 is 24.0 Å². The third-order valence-electron chi connectivity index (χ3n) is 4.31. The van der Waals surface area contributed by atoms with Gasteiger partial charge in [0, 0.05) is 19.8 Å². The van der Waals surface area contributed by atoms with E-state index in [9.17, 15) is 4.79 Å². The zero-order chi connectivity index (χ0) is 17.5. The highest BCUT2D eigenvalue weighted by molar-refractivity contribution is 7.99. The van der Waals surface area contributed by atoms with E-state index in [1.165, 1.54) is 55.9 Å². The molecule has 1 N–H and O–H groups in total. The van der Waals surface area contributed by atoms with E-state index in [1.807, 2.05) is 7.05 Å². The van der Waals surface area contributed by atoms with Crippen molar-refractivity contribution in [1.29, 1.82) is 0 Å². The molecule has 7 heteroatoms. The molecule has 0 atom stereocenters. The van der Waals surface area contributed by atoms with Gasteiger partial charge in [0.15, 0.2) is 21.1 Å². The van der Waals surface area contributed by atoms with E-state index in [0.717, 1.165) is 10.9 Å². The largest absolute Gasteiger partial charge is 0.327 e. The smallest absolute Gasteiger partial charge is 0.280 e. The molecule has 134 valence electrons. The average molecular weight is 369 g/mol. The molecule has 0 fully saturated rings. The standard InChI is InChI=1S/C17H28N4OS2/c1-4-5-6-7-8-9-10-11-12-24-16-18-13-14(19-16)20(2)17(23)21(3)15(13)22/h4-12H2,1-3H3,(H,18,19). The molecular formula is C17H28N4OS2. The van der Waals surface area contributed by atoms with Crippen molar-refractivity contribution >= 4 is 35.1 Å². The molecule has 2 rings (SSSR count). The molecule has 0 aliphatic heterocycles. The second-order valence-electron chi connectivity index (χ2n) is 6.27. The Morgan fingerprint density at radius 1 is 1.04 bits per heavy atom. The highest BCUT2D eigenvalue weighted by atomic mass is 32.2. The molecule has 0 radical (unpaired) electrons. The van der Waals surface area contributed by atoms with Gasteiger partial charge in [0.1, 0.15) is 0 Å². The fourth-order valence-corrected chi connectivity index (χ4v) is 3.81. The fraction of sp³-hybridized carbons (Fsp3) is 0.706. The van der Waals surface area contributed by atoms with Crippen LogP contribution in [0.1, 0.15) is 58.3 Å². The SMILES string of the molecule is CCCCCCCCCCSc1nc2c([nH]1)c(=O)n(C)c(=S)n2C. The first-order valence-corrected chi connectivity index (χ1v) is 10.2. The first-order valence-electron chi connectivity index (χ1n) is 8.84. The van der Waals surface area contributed by atoms with Gasteiger partial charge in [0.25, 0.3) is 5.56 Å². The summed E-state index contributed by atoms with van der Waals surface area (Å²) in [5.74, 6) is 1.03. The van der Waals surface area contributed by atoms with Gasteiger partial charge in [0.05, 0.1) is 0 Å². The Bertz CT molecular complexity index is 775. The lowest BCUT2D eigenvalue weighted by atomic mass is 10.1. The van der Waals surface area contributed by atoms with Crippen molar-refractivity contribution < 1.29 is 0 Å². The molecule has 0 aliphatic carbocycles. The summed E-state index contributed by atoms with van der Waals surface area (Å²) in [4.78, 5) is 19.9. The molecule has 0 saturated carbocycles. The number of thioether (sulfide) groups is 1. The first kappa shape index (κ1) is 19.2. The van der Waals surface area contributed by atoms with Gasteiger partial charge in [-0.05, 0) is 18.6 Å². The molecule has 5 nitrogen and oxygen atoms in total. The molecule has 0 unspecified atom stereocenters. The average Bonchev–Trinajstić information content (AvgIpc) is 3.01. The predicted molar refractivity (Wildman–Crippen MR) is 104 cm³/mol. The number of aryl methyl sites for hydroxylation is 1. The van der Waals surface area contributed by atoms with Crippen molar-refractivity contribution in [3.05, 3.63) is 15.1 Å². The van der Waals surface area contributed by atoms with Crippen LogP contribution in [0.4, 0.5) is 0 Å². The van der Waals surface area contributed by atoms with Gasteiger partial charge in [-0.2, -0.15) is 0 Å². The number of imidazole rings is 1. The Labute approximate surface area is 152 Å². The van der Waals surface area contributed by atoms with Crippen molar-refractivity contribution in [1.82, 2.24) is 19.1 Å². The highest BCUT2D eigenvalue weighted by Gasteiger charge is 2.11. The minimum Gasteiger partial charge on any atom is -0.327 e. The van der Waals surface area contributed by atoms with E-state index in [4.69, 9.17) is 12.2 Å². The second kappa shape index (κ2) is 9.42. The lowest BCUT2D eigenvalue weighted by molar-refractivity contribution is 0.586. The number of nitrogens with zero attached hydrogens (tertiary/aromatic N) is 3. The van der Waals surface area contributed by atoms with Crippen LogP contribution in [0.3, 0.4) is 0 Å². The van der Waals surface area contributed by atoms with Gasteiger partial charge in [-0.1, -0.05) is 63.6 Å². The van der Waals surface area contributed by atoms with Crippen LogP contribution in [-0.2, 0) is 14.1 Å². The van der Waals surface area contributed by atoms with Crippen molar-refractivity contribution in [2.24, 2.45) is 14.1 Å². The summed E-state index contributed by atoms with van der Waals surface area (Å²) >= 11 is 6.94. The molecule has 0 aliphatic rings. The minimum absolute atomic E-state index is 0.112. The van der Waals surface area contributed by atoms with E-state index in [0.29, 0.717) is 15.9 Å². The normalized spacial score (nSPS) is 11.5. The first-order chi connectivity index (χ1) is 11.6. The number of H-pyrrole nitrogens is 1. The molecule has 0 spiro atoms. The Kier molecular flexibility index (Phi) is 7.55. The van der Waals surface area contributed by atoms with E-state index in [2.05, 4.69) is 16.9 Å². The lowest BCUT2D eigenvalue weighted by Gasteiger charge is -2.03. The summed E-state index contributed by atoms with van der Waals surface area (Å²) in [5.41, 5.74) is 1.06. The van der Waals surface area contributed by atoms with Crippen LogP contribution in [0.25, 0.3) is 11.2 Å². The maximum atomic E-state index is 12.2. The van der Waals surface area contributed by atoms with Crippen LogP contribution in [0.2, 0.25) is 0 Å². The maximum absolute atomic E-state index is 12.2. The molecule has 2 heterocycles. The van der Waals surface area contributed by atoms with Crippen molar-refractivity contribution in [3.8, 4) is 0 Å². The number of nitrogens with one attached hydrogen (secondary N) is 1. The summed E-state index contributed by atoms with van der Waals surface area (Å²) in [6.45, 7) is 2.25. The van der Waals surface area contributed by atoms with Crippen LogP contribution in [-0.4, -0.2) is 24.9 Å². The quantitative estimate of drug-likeness (QED) is 0.379. The van der Waals surface area contributed by atoms with Gasteiger partial charge in [-0.3, -0.25) is 9.36 Å². The minimum atomic E-state index is -0.112. The third-order valence-corrected chi connectivity index (χ3v) is 5.82. The maximum Gasteiger partial charge on any atom is 0.280 e. The summed E-state index contributed by atoms with van der Waals surface area (Å²) in [6.07, 6.45) is 10.5. The fourth-order valence-electron chi connectivity index (χ4n) is 2.78. The molecule has 0 amide bonds. The molecule has 24 heavy (non-hydrogen) atoms. The Morgan fingerprint density at radius 2 is 1.67 bits per heavy atom. The zero-order valence-corrected chi connectivity index (χ0v) is 16.6. The monoisotopic (exact) mass is 368 g/mol. The van der Waals surface area contributed by atoms with E-state index < -0.39 is 0 Å². The summed E-state index contributed by atoms with van der Waals surface area (Å²) in [5, 5.41) is 0.807. The van der Waals surface area contributed by atoms with E-state index in [1.54, 1.807) is 23.4 Å². The number of rotatable bonds is 10. The van der Waals surface area contributed by atoms with Crippen LogP contribution in [0, 0.1) is 4.77 Å². The van der Waals surface area contributed by atoms with Crippen LogP contribution in [0.15, 0.2) is 9.95 Å². The number of hydrogen-bond donors (Lipinski definition) is 1. The van der Waals surface area contributed by atoms with E-state index >= 15 is 0 Å². The van der Waals surface area contributed by atoms with E-state index in [-0.39, 0.29) is 5.56 Å². The molecule has 2 aromatic heterocycles. The van der Waals surface area contributed by atoms with Crippen molar-refractivity contribution in [2.75, 3.05) is 5.75 Å². The van der Waals surface area contributed by atoms with Gasteiger partial charge >= 0.3 is 0 Å². The molecule has 2 aromatic rings. The number of aromatic nitrogens is 4. The Morgan fingerprint density at radius 3 is 2.33 bits per heavy atom. The third kappa shape index (κ3) is 4.72. The number of unbranched alkanes of at least 4 members (excludes halogenated alkanes) is 7. The molecule has 0 saturated heterocycles. The van der Waals surface area contributed by atoms with Gasteiger partial charge < -0.3 is 9.55 Å². The molecular weight excluding hydrogens is 340 g/mol. The topological polar surface area (TPSA) is 55.6 Å². The van der Waals surface area contributed by atoms with Crippen LogP contribution < -0.4 is 5.56 Å². The van der Waals surface area contributed by atoms with Gasteiger partial charge in [-0.15, -0.1) is 0 Å². The Hall–Kier alpha value is -1.08. The summed E-state index contributed by atoms with van der Waals surface area (Å²) in [7, 11) is 3.54. The lowest BCUT2D eigenvalue weighted by Crippen LogP contribution is -2.21. The number of fused-ring (bicyclic) bond motifs is 1. The second-order valence-corrected chi connectivity index (χ2v) is 7.72. The predicted octanol–water partition coefficient (Wildman–Crippen LogP) is 4.56. The zero-order valence-electron chi connectivity index (χ0n) is 14.9. The van der Waals surface area contributed by atoms with Crippen LogP contribution in [0.5, 0.6) is 0 Å².